The smallest absolute Gasteiger partial charge is 0.376 e. The summed E-state index contributed by atoms with van der Waals surface area (Å²) in [7, 11) is -2.32. The first-order chi connectivity index (χ1) is 9.86. The molecule has 1 rings (SSSR count). The Kier molecular flexibility index (Phi) is 5.90. The van der Waals surface area contributed by atoms with Crippen LogP contribution in [0.5, 0.6) is 0 Å². The summed E-state index contributed by atoms with van der Waals surface area (Å²) in [6.07, 6.45) is 0. The highest BCUT2D eigenvalue weighted by Gasteiger charge is 2.45. The van der Waals surface area contributed by atoms with E-state index in [0.717, 1.165) is 5.56 Å². The van der Waals surface area contributed by atoms with E-state index in [2.05, 4.69) is 9.43 Å². The zero-order valence-electron chi connectivity index (χ0n) is 12.2. The lowest BCUT2D eigenvalue weighted by molar-refractivity contribution is 0.114. The first kappa shape index (κ1) is 17.6. The van der Waals surface area contributed by atoms with Crippen LogP contribution in [-0.2, 0) is 23.3 Å². The average molecular weight is 331 g/mol. The summed E-state index contributed by atoms with van der Waals surface area (Å²) >= 11 is 0. The number of azide groups is 1. The van der Waals surface area contributed by atoms with E-state index in [-0.39, 0.29) is 10.4 Å². The quantitative estimate of drug-likeness (QED) is 0.329. The molecular formula is C11H17N3O5SSi. The van der Waals surface area contributed by atoms with Crippen molar-refractivity contribution in [3.05, 3.63) is 40.3 Å². The molecule has 10 heteroatoms. The maximum Gasteiger partial charge on any atom is 0.507 e. The Hall–Kier alpha value is -1.42. The van der Waals surface area contributed by atoms with Crippen molar-refractivity contribution in [1.29, 1.82) is 0 Å². The second kappa shape index (κ2) is 7.03. The number of hydrogen-bond acceptors (Lipinski definition) is 5. The van der Waals surface area contributed by atoms with Crippen LogP contribution in [0.3, 0.4) is 0 Å². The van der Waals surface area contributed by atoms with E-state index in [1.165, 1.54) is 33.5 Å². The molecule has 21 heavy (non-hydrogen) atoms. The van der Waals surface area contributed by atoms with Gasteiger partial charge in [-0.05, 0) is 23.2 Å². The van der Waals surface area contributed by atoms with Crippen molar-refractivity contribution in [2.24, 2.45) is 4.52 Å². The molecule has 0 fully saturated rings. The first-order valence-electron chi connectivity index (χ1n) is 5.93. The molecule has 0 aliphatic carbocycles. The van der Waals surface area contributed by atoms with Gasteiger partial charge < -0.3 is 13.3 Å². The van der Waals surface area contributed by atoms with Crippen molar-refractivity contribution in [3.63, 3.8) is 0 Å². The Morgan fingerprint density at radius 2 is 1.62 bits per heavy atom. The van der Waals surface area contributed by atoms with Crippen LogP contribution in [0.15, 0.2) is 33.7 Å². The molecule has 8 nitrogen and oxygen atoms in total. The summed E-state index contributed by atoms with van der Waals surface area (Å²) in [5.41, 5.74) is 8.86. The van der Waals surface area contributed by atoms with Gasteiger partial charge in [0, 0.05) is 30.8 Å². The lowest BCUT2D eigenvalue weighted by Crippen LogP contribution is -2.48. The van der Waals surface area contributed by atoms with Crippen LogP contribution in [0.2, 0.25) is 0 Å². The minimum Gasteiger partial charge on any atom is -0.376 e. The molecule has 0 aromatic heterocycles. The molecule has 0 aliphatic heterocycles. The van der Waals surface area contributed by atoms with Crippen molar-refractivity contribution in [2.75, 3.05) is 21.3 Å². The van der Waals surface area contributed by atoms with E-state index in [4.69, 9.17) is 18.8 Å². The van der Waals surface area contributed by atoms with Crippen molar-refractivity contribution in [1.82, 2.24) is 0 Å². The summed E-state index contributed by atoms with van der Waals surface area (Å²) in [6, 6.07) is 5.97. The summed E-state index contributed by atoms with van der Waals surface area (Å²) in [4.78, 5) is 2.23. The van der Waals surface area contributed by atoms with Crippen LogP contribution in [-0.4, -0.2) is 38.6 Å². The van der Waals surface area contributed by atoms with Crippen LogP contribution in [0.25, 0.3) is 10.4 Å². The van der Waals surface area contributed by atoms with Crippen molar-refractivity contribution in [3.8, 4) is 0 Å². The SMILES string of the molecule is CO[Si](OC)(OC)C(C)c1ccc(S(=O)(=O)N=[N+]=[N-])cc1. The highest BCUT2D eigenvalue weighted by molar-refractivity contribution is 7.90. The highest BCUT2D eigenvalue weighted by atomic mass is 32.2. The fourth-order valence-electron chi connectivity index (χ4n) is 2.01. The van der Waals surface area contributed by atoms with Gasteiger partial charge in [-0.2, -0.15) is 0 Å². The van der Waals surface area contributed by atoms with Gasteiger partial charge in [-0.15, -0.1) is 0 Å². The van der Waals surface area contributed by atoms with Crippen molar-refractivity contribution >= 4 is 18.8 Å². The fourth-order valence-corrected chi connectivity index (χ4v) is 4.84. The predicted octanol–water partition coefficient (Wildman–Crippen LogP) is 2.21. The molecule has 0 aliphatic rings. The predicted molar refractivity (Wildman–Crippen MR) is 78.0 cm³/mol. The second-order valence-electron chi connectivity index (χ2n) is 4.15. The molecule has 0 saturated carbocycles. The Morgan fingerprint density at radius 1 is 1.14 bits per heavy atom. The third kappa shape index (κ3) is 3.62. The van der Waals surface area contributed by atoms with E-state index < -0.39 is 18.8 Å². The topological polar surface area (TPSA) is 111 Å². The highest BCUT2D eigenvalue weighted by Crippen LogP contribution is 2.29. The van der Waals surface area contributed by atoms with Gasteiger partial charge in [-0.1, -0.05) is 19.1 Å². The molecule has 0 bridgehead atoms. The summed E-state index contributed by atoms with van der Waals surface area (Å²) in [5, 5.41) is 0. The van der Waals surface area contributed by atoms with Crippen molar-refractivity contribution < 1.29 is 21.7 Å². The molecule has 0 saturated heterocycles. The summed E-state index contributed by atoms with van der Waals surface area (Å²) < 4.78 is 42.2. The maximum absolute atomic E-state index is 11.6. The van der Waals surface area contributed by atoms with Gasteiger partial charge in [0.05, 0.1) is 10.4 Å². The summed E-state index contributed by atoms with van der Waals surface area (Å²) in [6.45, 7) is 1.87. The van der Waals surface area contributed by atoms with Crippen LogP contribution in [0, 0.1) is 0 Å². The Balaban J connectivity index is 3.16. The van der Waals surface area contributed by atoms with E-state index in [9.17, 15) is 8.42 Å². The fraction of sp³-hybridized carbons (Fsp3) is 0.455. The van der Waals surface area contributed by atoms with Gasteiger partial charge in [0.1, 0.15) is 0 Å². The Bertz CT molecular complexity index is 615. The molecule has 1 atom stereocenters. The van der Waals surface area contributed by atoms with E-state index >= 15 is 0 Å². The zero-order valence-corrected chi connectivity index (χ0v) is 14.0. The molecule has 0 spiro atoms. The van der Waals surface area contributed by atoms with Crippen LogP contribution in [0.4, 0.5) is 0 Å². The van der Waals surface area contributed by atoms with E-state index in [1.807, 2.05) is 6.92 Å². The van der Waals surface area contributed by atoms with Gasteiger partial charge in [-0.3, -0.25) is 0 Å². The van der Waals surface area contributed by atoms with E-state index in [1.54, 1.807) is 12.1 Å². The number of nitrogens with zero attached hydrogens (tertiary/aromatic N) is 3. The van der Waals surface area contributed by atoms with Crippen molar-refractivity contribution in [2.45, 2.75) is 17.4 Å². The normalized spacial score (nSPS) is 13.5. The number of rotatable bonds is 7. The molecule has 0 heterocycles. The molecule has 0 radical (unpaired) electrons. The molecule has 1 aromatic rings. The average Bonchev–Trinajstić information content (AvgIpc) is 2.49. The van der Waals surface area contributed by atoms with Crippen LogP contribution >= 0.6 is 0 Å². The number of sulfonamides is 1. The molecule has 0 N–H and O–H groups in total. The van der Waals surface area contributed by atoms with Gasteiger partial charge >= 0.3 is 8.80 Å². The molecular weight excluding hydrogens is 314 g/mol. The third-order valence-corrected chi connectivity index (χ3v) is 7.46. The lowest BCUT2D eigenvalue weighted by atomic mass is 10.2. The monoisotopic (exact) mass is 331 g/mol. The minimum absolute atomic E-state index is 0.0734. The lowest BCUT2D eigenvalue weighted by Gasteiger charge is -2.30. The molecule has 0 amide bonds. The van der Waals surface area contributed by atoms with Crippen LogP contribution < -0.4 is 0 Å². The van der Waals surface area contributed by atoms with Gasteiger partial charge in [0.15, 0.2) is 0 Å². The maximum atomic E-state index is 11.6. The van der Waals surface area contributed by atoms with Gasteiger partial charge in [0.25, 0.3) is 10.0 Å². The van der Waals surface area contributed by atoms with E-state index in [0.29, 0.717) is 0 Å². The van der Waals surface area contributed by atoms with Gasteiger partial charge in [-0.25, -0.2) is 8.42 Å². The molecule has 116 valence electrons. The Labute approximate surface area is 124 Å². The summed E-state index contributed by atoms with van der Waals surface area (Å²) in [5.74, 6) is 0. The molecule has 1 aromatic carbocycles. The minimum atomic E-state index is -3.98. The number of benzene rings is 1. The number of hydrogen-bond donors (Lipinski definition) is 0. The standard InChI is InChI=1S/C11H17N3O5SSi/c1-9(21(17-2,18-3)19-4)10-5-7-11(8-6-10)20(15,16)14-13-12/h5-9H,1-4H3. The Morgan fingerprint density at radius 3 is 2.00 bits per heavy atom. The van der Waals surface area contributed by atoms with Gasteiger partial charge in [0.2, 0.25) is 0 Å². The third-order valence-electron chi connectivity index (χ3n) is 3.21. The first-order valence-corrected chi connectivity index (χ1v) is 9.18. The zero-order chi connectivity index (χ0) is 16.1. The molecule has 1 unspecified atom stereocenters. The van der Waals surface area contributed by atoms with Crippen LogP contribution in [0.1, 0.15) is 18.0 Å². The largest absolute Gasteiger partial charge is 0.507 e. The second-order valence-corrected chi connectivity index (χ2v) is 9.04.